The smallest absolute Gasteiger partial charge is 0.248 e. The molecule has 1 aromatic heterocycles. The molecular weight excluding hydrogens is 438 g/mol. The molecule has 1 aliphatic heterocycles. The molecule has 0 aliphatic carbocycles. The van der Waals surface area contributed by atoms with E-state index in [1.807, 2.05) is 60.7 Å². The van der Waals surface area contributed by atoms with E-state index >= 15 is 0 Å². The topological polar surface area (TPSA) is 71.5 Å². The highest BCUT2D eigenvalue weighted by Gasteiger charge is 2.29. The molecule has 2 aromatic carbocycles. The van der Waals surface area contributed by atoms with Crippen molar-refractivity contribution in [1.29, 1.82) is 0 Å². The molecule has 1 unspecified atom stereocenters. The molecule has 2 heterocycles. The normalized spacial score (nSPS) is 15.9. The Morgan fingerprint density at radius 2 is 1.70 bits per heavy atom. The van der Waals surface area contributed by atoms with E-state index in [0.29, 0.717) is 23.9 Å². The molecular formula is C26H26ClN3O3. The van der Waals surface area contributed by atoms with Crippen molar-refractivity contribution in [2.45, 2.75) is 18.9 Å². The number of hydrogen-bond acceptors (Lipinski definition) is 4. The second-order valence-electron chi connectivity index (χ2n) is 8.04. The SMILES string of the molecule is O=C(Nc1ccc(Cl)cn1)C1CCCN(C(=O)COC(c2ccccc2)c2ccccc2)C1. The largest absolute Gasteiger partial charge is 0.359 e. The third-order valence-corrected chi connectivity index (χ3v) is 5.93. The molecule has 33 heavy (non-hydrogen) atoms. The third kappa shape index (κ3) is 6.18. The van der Waals surface area contributed by atoms with Crippen molar-refractivity contribution in [3.05, 3.63) is 95.1 Å². The molecule has 1 N–H and O–H groups in total. The minimum absolute atomic E-state index is 0.0540. The Morgan fingerprint density at radius 1 is 1.03 bits per heavy atom. The van der Waals surface area contributed by atoms with Gasteiger partial charge in [-0.25, -0.2) is 4.98 Å². The quantitative estimate of drug-likeness (QED) is 0.550. The fraction of sp³-hybridized carbons (Fsp3) is 0.269. The molecule has 0 spiro atoms. The molecule has 3 aromatic rings. The Balaban J connectivity index is 1.37. The van der Waals surface area contributed by atoms with Crippen LogP contribution in [0, 0.1) is 5.92 Å². The average Bonchev–Trinajstić information content (AvgIpc) is 2.87. The van der Waals surface area contributed by atoms with Crippen LogP contribution in [-0.2, 0) is 14.3 Å². The zero-order valence-electron chi connectivity index (χ0n) is 18.2. The number of likely N-dealkylation sites (tertiary alicyclic amines) is 1. The van der Waals surface area contributed by atoms with Gasteiger partial charge in [0.1, 0.15) is 18.5 Å². The summed E-state index contributed by atoms with van der Waals surface area (Å²) in [5.74, 6) is -0.104. The van der Waals surface area contributed by atoms with E-state index in [9.17, 15) is 9.59 Å². The van der Waals surface area contributed by atoms with E-state index < -0.39 is 0 Å². The molecule has 170 valence electrons. The fourth-order valence-electron chi connectivity index (χ4n) is 3.98. The van der Waals surface area contributed by atoms with Crippen LogP contribution >= 0.6 is 11.6 Å². The molecule has 1 saturated heterocycles. The van der Waals surface area contributed by atoms with Gasteiger partial charge in [-0.3, -0.25) is 9.59 Å². The molecule has 0 bridgehead atoms. The van der Waals surface area contributed by atoms with Crippen LogP contribution in [0.4, 0.5) is 5.82 Å². The number of benzene rings is 2. The molecule has 0 radical (unpaired) electrons. The number of anilines is 1. The van der Waals surface area contributed by atoms with Crippen molar-refractivity contribution in [2.24, 2.45) is 5.92 Å². The summed E-state index contributed by atoms with van der Waals surface area (Å²) in [4.78, 5) is 31.5. The van der Waals surface area contributed by atoms with Crippen molar-refractivity contribution in [1.82, 2.24) is 9.88 Å². The number of halogens is 1. The molecule has 1 atom stereocenters. The number of carbonyl (C=O) groups is 2. The Kier molecular flexibility index (Phi) is 7.70. The average molecular weight is 464 g/mol. The first-order valence-electron chi connectivity index (χ1n) is 11.0. The Hall–Kier alpha value is -3.22. The second kappa shape index (κ2) is 11.1. The van der Waals surface area contributed by atoms with Crippen molar-refractivity contribution in [3.8, 4) is 0 Å². The summed E-state index contributed by atoms with van der Waals surface area (Å²) in [5.41, 5.74) is 1.98. The van der Waals surface area contributed by atoms with Crippen LogP contribution in [0.15, 0.2) is 79.0 Å². The van der Waals surface area contributed by atoms with E-state index in [-0.39, 0.29) is 30.4 Å². The molecule has 4 rings (SSSR count). The number of nitrogens with zero attached hydrogens (tertiary/aromatic N) is 2. The maximum absolute atomic E-state index is 13.0. The van der Waals surface area contributed by atoms with E-state index in [1.54, 1.807) is 17.0 Å². The van der Waals surface area contributed by atoms with Gasteiger partial charge in [-0.1, -0.05) is 72.3 Å². The highest BCUT2D eigenvalue weighted by molar-refractivity contribution is 6.30. The molecule has 1 aliphatic rings. The van der Waals surface area contributed by atoms with Crippen LogP contribution in [0.25, 0.3) is 0 Å². The van der Waals surface area contributed by atoms with Crippen LogP contribution in [0.2, 0.25) is 5.02 Å². The number of pyridine rings is 1. The van der Waals surface area contributed by atoms with Crippen molar-refractivity contribution in [2.75, 3.05) is 25.0 Å². The highest BCUT2D eigenvalue weighted by Crippen LogP contribution is 2.26. The molecule has 1 fully saturated rings. The number of hydrogen-bond donors (Lipinski definition) is 1. The number of nitrogens with one attached hydrogen (secondary N) is 1. The van der Waals surface area contributed by atoms with Crippen LogP contribution < -0.4 is 5.32 Å². The predicted molar refractivity (Wildman–Crippen MR) is 128 cm³/mol. The summed E-state index contributed by atoms with van der Waals surface area (Å²) < 4.78 is 6.12. The molecule has 6 nitrogen and oxygen atoms in total. The zero-order valence-corrected chi connectivity index (χ0v) is 18.9. The Labute approximate surface area is 198 Å². The number of piperidine rings is 1. The van der Waals surface area contributed by atoms with Crippen LogP contribution in [-0.4, -0.2) is 41.4 Å². The minimum atomic E-state index is -0.337. The maximum Gasteiger partial charge on any atom is 0.248 e. The molecule has 0 saturated carbocycles. The number of aromatic nitrogens is 1. The van der Waals surface area contributed by atoms with E-state index in [2.05, 4.69) is 10.3 Å². The van der Waals surface area contributed by atoms with Gasteiger partial charge in [0.2, 0.25) is 11.8 Å². The number of ether oxygens (including phenoxy) is 1. The summed E-state index contributed by atoms with van der Waals surface area (Å²) >= 11 is 5.85. The molecule has 7 heteroatoms. The van der Waals surface area contributed by atoms with Crippen LogP contribution in [0.3, 0.4) is 0 Å². The van der Waals surface area contributed by atoms with Gasteiger partial charge in [0.25, 0.3) is 0 Å². The van der Waals surface area contributed by atoms with Crippen molar-refractivity contribution < 1.29 is 14.3 Å². The van der Waals surface area contributed by atoms with Gasteiger partial charge in [-0.05, 0) is 36.1 Å². The van der Waals surface area contributed by atoms with Gasteiger partial charge in [0.05, 0.1) is 10.9 Å². The first kappa shape index (κ1) is 23.0. The monoisotopic (exact) mass is 463 g/mol. The number of carbonyl (C=O) groups excluding carboxylic acids is 2. The highest BCUT2D eigenvalue weighted by atomic mass is 35.5. The maximum atomic E-state index is 13.0. The Morgan fingerprint density at radius 3 is 2.30 bits per heavy atom. The summed E-state index contributed by atoms with van der Waals surface area (Å²) in [7, 11) is 0. The Bertz CT molecular complexity index is 1020. The molecule has 2 amide bonds. The standard InChI is InChI=1S/C26H26ClN3O3/c27-22-13-14-23(28-16-22)29-26(32)21-12-7-15-30(17-21)24(31)18-33-25(19-8-3-1-4-9-19)20-10-5-2-6-11-20/h1-6,8-11,13-14,16,21,25H,7,12,15,17-18H2,(H,28,29,32). The third-order valence-electron chi connectivity index (χ3n) is 5.70. The lowest BCUT2D eigenvalue weighted by Crippen LogP contribution is -2.45. The number of rotatable bonds is 7. The fourth-order valence-corrected chi connectivity index (χ4v) is 4.09. The zero-order chi connectivity index (χ0) is 23.0. The summed E-state index contributed by atoms with van der Waals surface area (Å²) in [5, 5.41) is 3.32. The minimum Gasteiger partial charge on any atom is -0.359 e. The second-order valence-corrected chi connectivity index (χ2v) is 8.48. The van der Waals surface area contributed by atoms with Gasteiger partial charge >= 0.3 is 0 Å². The lowest BCUT2D eigenvalue weighted by atomic mass is 9.97. The van der Waals surface area contributed by atoms with E-state index in [4.69, 9.17) is 16.3 Å². The lowest BCUT2D eigenvalue weighted by Gasteiger charge is -2.32. The van der Waals surface area contributed by atoms with Gasteiger partial charge in [-0.2, -0.15) is 0 Å². The van der Waals surface area contributed by atoms with Crippen molar-refractivity contribution >= 4 is 29.2 Å². The predicted octanol–water partition coefficient (Wildman–Crippen LogP) is 4.72. The van der Waals surface area contributed by atoms with E-state index in [1.165, 1.54) is 6.20 Å². The lowest BCUT2D eigenvalue weighted by molar-refractivity contribution is -0.140. The van der Waals surface area contributed by atoms with Gasteiger partial charge < -0.3 is 15.0 Å². The van der Waals surface area contributed by atoms with Gasteiger partial charge in [0, 0.05) is 19.3 Å². The summed E-state index contributed by atoms with van der Waals surface area (Å²) in [6.07, 6.45) is 2.64. The first-order chi connectivity index (χ1) is 16.1. The first-order valence-corrected chi connectivity index (χ1v) is 11.4. The summed E-state index contributed by atoms with van der Waals surface area (Å²) in [6, 6.07) is 23.1. The van der Waals surface area contributed by atoms with Crippen molar-refractivity contribution in [3.63, 3.8) is 0 Å². The van der Waals surface area contributed by atoms with E-state index in [0.717, 1.165) is 24.0 Å². The van der Waals surface area contributed by atoms with Gasteiger partial charge in [-0.15, -0.1) is 0 Å². The van der Waals surface area contributed by atoms with Crippen LogP contribution in [0.1, 0.15) is 30.1 Å². The van der Waals surface area contributed by atoms with Gasteiger partial charge in [0.15, 0.2) is 0 Å². The summed E-state index contributed by atoms with van der Waals surface area (Å²) in [6.45, 7) is 0.928. The number of amides is 2. The van der Waals surface area contributed by atoms with Crippen LogP contribution in [0.5, 0.6) is 0 Å².